The van der Waals surface area contributed by atoms with Gasteiger partial charge < -0.3 is 0 Å². The maximum atomic E-state index is 8.34. The predicted octanol–water partition coefficient (Wildman–Crippen LogP) is 2.62. The average molecular weight is 150 g/mol. The summed E-state index contributed by atoms with van der Waals surface area (Å²) in [6, 6.07) is 4.23. The van der Waals surface area contributed by atoms with Crippen molar-refractivity contribution in [1.82, 2.24) is 0 Å². The molecule has 0 rings (SSSR count). The van der Waals surface area contributed by atoms with Gasteiger partial charge in [0.25, 0.3) is 0 Å². The van der Waals surface area contributed by atoms with Crippen molar-refractivity contribution in [2.75, 3.05) is 0 Å². The summed E-state index contributed by atoms with van der Waals surface area (Å²) in [5.41, 5.74) is 0.158. The van der Waals surface area contributed by atoms with Crippen LogP contribution in [0.1, 0.15) is 39.5 Å². The van der Waals surface area contributed by atoms with E-state index in [-0.39, 0.29) is 5.41 Å². The fourth-order valence-electron chi connectivity index (χ4n) is 0.914. The van der Waals surface area contributed by atoms with E-state index in [4.69, 9.17) is 10.5 Å². The van der Waals surface area contributed by atoms with Gasteiger partial charge in [-0.15, -0.1) is 0 Å². The largest absolute Gasteiger partial charge is 0.198 e. The second-order valence-corrected chi connectivity index (χ2v) is 3.48. The molecule has 0 N–H and O–H groups in total. The third-order valence-corrected chi connectivity index (χ3v) is 1.83. The Bertz CT molecular complexity index is 161. The molecule has 0 aromatic heterocycles. The summed E-state index contributed by atoms with van der Waals surface area (Å²) in [4.78, 5) is 0. The molecule has 11 heavy (non-hydrogen) atoms. The Hall–Kier alpha value is -1.02. The van der Waals surface area contributed by atoms with Gasteiger partial charge in [0.1, 0.15) is 0 Å². The van der Waals surface area contributed by atoms with E-state index in [1.165, 1.54) is 0 Å². The van der Waals surface area contributed by atoms with Gasteiger partial charge in [-0.3, -0.25) is 0 Å². The Morgan fingerprint density at radius 3 is 1.64 bits per heavy atom. The first-order valence-electron chi connectivity index (χ1n) is 3.86. The van der Waals surface area contributed by atoms with Crippen LogP contribution < -0.4 is 0 Å². The van der Waals surface area contributed by atoms with Crippen molar-refractivity contribution < 1.29 is 0 Å². The van der Waals surface area contributed by atoms with Gasteiger partial charge in [-0.05, 0) is 18.3 Å². The maximum Gasteiger partial charge on any atom is 0.0621 e. The van der Waals surface area contributed by atoms with Crippen molar-refractivity contribution in [1.29, 1.82) is 10.5 Å². The van der Waals surface area contributed by atoms with E-state index in [0.29, 0.717) is 12.8 Å². The van der Waals surface area contributed by atoms with Crippen molar-refractivity contribution in [3.8, 4) is 12.1 Å². The van der Waals surface area contributed by atoms with Crippen molar-refractivity contribution in [2.45, 2.75) is 39.5 Å². The molecule has 0 spiro atoms. The van der Waals surface area contributed by atoms with Crippen molar-refractivity contribution in [2.24, 2.45) is 5.41 Å². The fourth-order valence-corrected chi connectivity index (χ4v) is 0.914. The zero-order chi connectivity index (χ0) is 8.74. The molecular weight excluding hydrogens is 136 g/mol. The molecule has 0 saturated heterocycles. The molecule has 0 bridgehead atoms. The minimum absolute atomic E-state index is 0.158. The molecule has 0 atom stereocenters. The van der Waals surface area contributed by atoms with Crippen LogP contribution in [0.15, 0.2) is 0 Å². The first-order chi connectivity index (χ1) is 5.12. The lowest BCUT2D eigenvalue weighted by Gasteiger charge is -2.21. The zero-order valence-electron chi connectivity index (χ0n) is 7.22. The van der Waals surface area contributed by atoms with E-state index >= 15 is 0 Å². The number of rotatable bonds is 4. The quantitative estimate of drug-likeness (QED) is 0.618. The van der Waals surface area contributed by atoms with Crippen LogP contribution in [0.25, 0.3) is 0 Å². The molecule has 0 unspecified atom stereocenters. The van der Waals surface area contributed by atoms with Crippen LogP contribution in [0, 0.1) is 28.1 Å². The minimum Gasteiger partial charge on any atom is -0.198 e. The molecule has 0 aromatic carbocycles. The molecule has 0 aliphatic carbocycles. The van der Waals surface area contributed by atoms with Crippen LogP contribution in [-0.2, 0) is 0 Å². The van der Waals surface area contributed by atoms with Crippen molar-refractivity contribution in [3.05, 3.63) is 0 Å². The highest BCUT2D eigenvalue weighted by atomic mass is 14.3. The molecular formula is C9H14N2. The number of nitrogens with zero attached hydrogens (tertiary/aromatic N) is 2. The summed E-state index contributed by atoms with van der Waals surface area (Å²) in [6.45, 7) is 4.20. The fraction of sp³-hybridized carbons (Fsp3) is 0.778. The van der Waals surface area contributed by atoms with Crippen molar-refractivity contribution in [3.63, 3.8) is 0 Å². The smallest absolute Gasteiger partial charge is 0.0621 e. The van der Waals surface area contributed by atoms with Gasteiger partial charge in [-0.2, -0.15) is 10.5 Å². The highest BCUT2D eigenvalue weighted by molar-refractivity contribution is 4.80. The van der Waals surface area contributed by atoms with E-state index in [9.17, 15) is 0 Å². The van der Waals surface area contributed by atoms with Gasteiger partial charge in [0, 0.05) is 12.8 Å². The topological polar surface area (TPSA) is 47.6 Å². The lowest BCUT2D eigenvalue weighted by atomic mass is 9.84. The lowest BCUT2D eigenvalue weighted by Crippen LogP contribution is -2.10. The standard InChI is InChI=1S/C9H14N2/c1-9(2,5-3-7-10)6-4-8-11/h3-6H2,1-2H3. The van der Waals surface area contributed by atoms with E-state index < -0.39 is 0 Å². The summed E-state index contributed by atoms with van der Waals surface area (Å²) in [7, 11) is 0. The van der Waals surface area contributed by atoms with Crippen LogP contribution in [0.4, 0.5) is 0 Å². The molecule has 0 aliphatic rings. The Morgan fingerprint density at radius 2 is 1.36 bits per heavy atom. The van der Waals surface area contributed by atoms with Gasteiger partial charge in [0.15, 0.2) is 0 Å². The van der Waals surface area contributed by atoms with Crippen LogP contribution in [0.5, 0.6) is 0 Å². The average Bonchev–Trinajstić information content (AvgIpc) is 1.97. The van der Waals surface area contributed by atoms with Crippen LogP contribution in [-0.4, -0.2) is 0 Å². The molecule has 0 heterocycles. The van der Waals surface area contributed by atoms with Gasteiger partial charge in [-0.25, -0.2) is 0 Å². The van der Waals surface area contributed by atoms with Crippen LogP contribution in [0.3, 0.4) is 0 Å². The van der Waals surface area contributed by atoms with E-state index in [1.54, 1.807) is 0 Å². The summed E-state index contributed by atoms with van der Waals surface area (Å²) < 4.78 is 0. The number of hydrogen-bond donors (Lipinski definition) is 0. The minimum atomic E-state index is 0.158. The Morgan fingerprint density at radius 1 is 1.00 bits per heavy atom. The molecule has 0 amide bonds. The second kappa shape index (κ2) is 4.74. The van der Waals surface area contributed by atoms with Crippen LogP contribution >= 0.6 is 0 Å². The molecule has 0 aromatic rings. The third-order valence-electron chi connectivity index (χ3n) is 1.83. The van der Waals surface area contributed by atoms with E-state index in [2.05, 4.69) is 26.0 Å². The molecule has 2 nitrogen and oxygen atoms in total. The molecule has 60 valence electrons. The molecule has 0 aliphatic heterocycles. The summed E-state index contributed by atoms with van der Waals surface area (Å²) in [5, 5.41) is 16.7. The van der Waals surface area contributed by atoms with Gasteiger partial charge in [0.2, 0.25) is 0 Å². The number of nitriles is 2. The Balaban J connectivity index is 3.64. The van der Waals surface area contributed by atoms with E-state index in [0.717, 1.165) is 12.8 Å². The third kappa shape index (κ3) is 5.43. The van der Waals surface area contributed by atoms with Gasteiger partial charge in [-0.1, -0.05) is 13.8 Å². The normalized spacial score (nSPS) is 10.2. The molecule has 2 heteroatoms. The van der Waals surface area contributed by atoms with Gasteiger partial charge >= 0.3 is 0 Å². The Labute approximate surface area is 68.4 Å². The first kappa shape index (κ1) is 9.98. The lowest BCUT2D eigenvalue weighted by molar-refractivity contribution is 0.315. The monoisotopic (exact) mass is 150 g/mol. The highest BCUT2D eigenvalue weighted by Crippen LogP contribution is 2.27. The van der Waals surface area contributed by atoms with E-state index in [1.807, 2.05) is 0 Å². The van der Waals surface area contributed by atoms with Crippen molar-refractivity contribution >= 4 is 0 Å². The maximum absolute atomic E-state index is 8.34. The second-order valence-electron chi connectivity index (χ2n) is 3.48. The Kier molecular flexibility index (Phi) is 4.30. The summed E-state index contributed by atoms with van der Waals surface area (Å²) >= 11 is 0. The highest BCUT2D eigenvalue weighted by Gasteiger charge is 2.16. The van der Waals surface area contributed by atoms with Gasteiger partial charge in [0.05, 0.1) is 12.1 Å². The molecule has 0 radical (unpaired) electrons. The predicted molar refractivity (Wildman–Crippen MR) is 43.5 cm³/mol. The molecule has 0 saturated carbocycles. The summed E-state index contributed by atoms with van der Waals surface area (Å²) in [6.07, 6.45) is 2.98. The molecule has 0 fully saturated rings. The SMILES string of the molecule is CC(C)(CCC#N)CCC#N. The zero-order valence-corrected chi connectivity index (χ0v) is 7.22. The number of hydrogen-bond acceptors (Lipinski definition) is 2. The van der Waals surface area contributed by atoms with Crippen LogP contribution in [0.2, 0.25) is 0 Å². The summed E-state index contributed by atoms with van der Waals surface area (Å²) in [5.74, 6) is 0. The first-order valence-corrected chi connectivity index (χ1v) is 3.86.